The van der Waals surface area contributed by atoms with E-state index in [0.29, 0.717) is 12.1 Å². The monoisotopic (exact) mass is 452 g/mol. The summed E-state index contributed by atoms with van der Waals surface area (Å²) >= 11 is 0. The highest BCUT2D eigenvalue weighted by molar-refractivity contribution is 5.95. The van der Waals surface area contributed by atoms with Crippen LogP contribution in [0, 0.1) is 5.82 Å². The SMILES string of the molecule is COc1ccc(CN2CC(OCc3ccccc3F)CN(C(=O)c3c[nH]cn3)CC2=O)cc1. The van der Waals surface area contributed by atoms with Gasteiger partial charge in [-0.25, -0.2) is 9.37 Å². The van der Waals surface area contributed by atoms with Crippen LogP contribution in [0.3, 0.4) is 0 Å². The summed E-state index contributed by atoms with van der Waals surface area (Å²) in [6.45, 7) is 0.745. The molecule has 0 bridgehead atoms. The molecule has 1 N–H and O–H groups in total. The molecule has 2 amide bonds. The molecule has 1 saturated heterocycles. The number of H-pyrrole nitrogens is 1. The second kappa shape index (κ2) is 10.3. The van der Waals surface area contributed by atoms with Crippen molar-refractivity contribution in [3.05, 3.63) is 83.7 Å². The van der Waals surface area contributed by atoms with E-state index in [1.807, 2.05) is 24.3 Å². The molecule has 1 aliphatic heterocycles. The van der Waals surface area contributed by atoms with E-state index in [1.54, 1.807) is 30.2 Å². The van der Waals surface area contributed by atoms with Crippen LogP contribution >= 0.6 is 0 Å². The van der Waals surface area contributed by atoms with Crippen molar-refractivity contribution >= 4 is 11.8 Å². The van der Waals surface area contributed by atoms with Crippen LogP contribution in [0.1, 0.15) is 21.6 Å². The maximum absolute atomic E-state index is 14.1. The highest BCUT2D eigenvalue weighted by Gasteiger charge is 2.32. The number of carbonyl (C=O) groups excluding carboxylic acids is 2. The first-order chi connectivity index (χ1) is 16.0. The molecule has 1 aliphatic rings. The molecule has 1 atom stereocenters. The van der Waals surface area contributed by atoms with Crippen LogP contribution in [0.4, 0.5) is 4.39 Å². The van der Waals surface area contributed by atoms with Crippen molar-refractivity contribution in [2.24, 2.45) is 0 Å². The standard InChI is InChI=1S/C24H25FN4O4/c1-32-19-8-6-17(7-9-19)11-28-12-20(33-15-18-4-2-3-5-21(18)25)13-29(14-23(28)30)24(31)22-10-26-16-27-22/h2-10,16,20H,11-15H2,1H3,(H,26,27). The van der Waals surface area contributed by atoms with Crippen molar-refractivity contribution in [3.8, 4) is 5.75 Å². The number of amides is 2. The van der Waals surface area contributed by atoms with Gasteiger partial charge in [0.2, 0.25) is 5.91 Å². The molecular formula is C24H25FN4O4. The van der Waals surface area contributed by atoms with E-state index in [1.165, 1.54) is 23.5 Å². The molecule has 0 aliphatic carbocycles. The third-order valence-corrected chi connectivity index (χ3v) is 5.50. The number of hydrogen-bond donors (Lipinski definition) is 1. The minimum absolute atomic E-state index is 0.0341. The zero-order valence-electron chi connectivity index (χ0n) is 18.2. The molecule has 3 aromatic rings. The summed E-state index contributed by atoms with van der Waals surface area (Å²) in [6.07, 6.45) is 2.40. The van der Waals surface area contributed by atoms with Crippen molar-refractivity contribution in [1.29, 1.82) is 0 Å². The molecule has 1 aromatic heterocycles. The molecule has 4 rings (SSSR count). The highest BCUT2D eigenvalue weighted by atomic mass is 19.1. The lowest BCUT2D eigenvalue weighted by atomic mass is 10.2. The first kappa shape index (κ1) is 22.5. The third-order valence-electron chi connectivity index (χ3n) is 5.50. The molecule has 0 radical (unpaired) electrons. The summed E-state index contributed by atoms with van der Waals surface area (Å²) in [7, 11) is 1.59. The van der Waals surface area contributed by atoms with E-state index in [0.717, 1.165) is 11.3 Å². The molecular weight excluding hydrogens is 427 g/mol. The Bertz CT molecular complexity index is 1090. The molecule has 0 saturated carbocycles. The number of benzene rings is 2. The van der Waals surface area contributed by atoms with E-state index < -0.39 is 6.10 Å². The van der Waals surface area contributed by atoms with E-state index in [9.17, 15) is 14.0 Å². The van der Waals surface area contributed by atoms with Gasteiger partial charge in [-0.1, -0.05) is 30.3 Å². The fraction of sp³-hybridized carbons (Fsp3) is 0.292. The van der Waals surface area contributed by atoms with Crippen molar-refractivity contribution in [2.45, 2.75) is 19.3 Å². The number of carbonyl (C=O) groups is 2. The third kappa shape index (κ3) is 5.56. The number of nitrogens with one attached hydrogen (secondary N) is 1. The lowest BCUT2D eigenvalue weighted by Gasteiger charge is -2.25. The summed E-state index contributed by atoms with van der Waals surface area (Å²) in [6, 6.07) is 13.8. The summed E-state index contributed by atoms with van der Waals surface area (Å²) in [5.41, 5.74) is 1.56. The molecule has 9 heteroatoms. The van der Waals surface area contributed by atoms with Gasteiger partial charge >= 0.3 is 0 Å². The van der Waals surface area contributed by atoms with Gasteiger partial charge in [-0.3, -0.25) is 9.59 Å². The Labute approximate surface area is 190 Å². The van der Waals surface area contributed by atoms with Gasteiger partial charge in [-0.05, 0) is 23.8 Å². The Morgan fingerprint density at radius 1 is 1.18 bits per heavy atom. The predicted octanol–water partition coefficient (Wildman–Crippen LogP) is 2.63. The van der Waals surface area contributed by atoms with Gasteiger partial charge in [-0.2, -0.15) is 0 Å². The average Bonchev–Trinajstić information content (AvgIpc) is 3.32. The Balaban J connectivity index is 1.52. The molecule has 0 spiro atoms. The quantitative estimate of drug-likeness (QED) is 0.596. The molecule has 1 unspecified atom stereocenters. The van der Waals surface area contributed by atoms with Crippen molar-refractivity contribution in [2.75, 3.05) is 26.7 Å². The number of rotatable bonds is 7. The second-order valence-corrected chi connectivity index (χ2v) is 7.79. The minimum Gasteiger partial charge on any atom is -0.497 e. The first-order valence-electron chi connectivity index (χ1n) is 10.6. The van der Waals surface area contributed by atoms with Crippen LogP contribution < -0.4 is 4.74 Å². The van der Waals surface area contributed by atoms with Gasteiger partial charge in [0, 0.05) is 31.4 Å². The Morgan fingerprint density at radius 2 is 1.97 bits per heavy atom. The molecule has 2 heterocycles. The fourth-order valence-electron chi connectivity index (χ4n) is 3.71. The number of aromatic nitrogens is 2. The average molecular weight is 452 g/mol. The lowest BCUT2D eigenvalue weighted by Crippen LogP contribution is -2.39. The van der Waals surface area contributed by atoms with Crippen molar-refractivity contribution in [1.82, 2.24) is 19.8 Å². The summed E-state index contributed by atoms with van der Waals surface area (Å²) in [5.74, 6) is -0.202. The predicted molar refractivity (Wildman–Crippen MR) is 118 cm³/mol. The van der Waals surface area contributed by atoms with Crippen LogP contribution in [-0.4, -0.2) is 64.4 Å². The lowest BCUT2D eigenvalue weighted by molar-refractivity contribution is -0.132. The first-order valence-corrected chi connectivity index (χ1v) is 10.6. The Kier molecular flexibility index (Phi) is 6.99. The summed E-state index contributed by atoms with van der Waals surface area (Å²) in [5, 5.41) is 0. The van der Waals surface area contributed by atoms with Gasteiger partial charge in [0.25, 0.3) is 5.91 Å². The van der Waals surface area contributed by atoms with Crippen LogP contribution in [0.2, 0.25) is 0 Å². The molecule has 1 fully saturated rings. The zero-order chi connectivity index (χ0) is 23.2. The molecule has 172 valence electrons. The Hall–Kier alpha value is -3.72. The fourth-order valence-corrected chi connectivity index (χ4v) is 3.71. The van der Waals surface area contributed by atoms with Gasteiger partial charge in [-0.15, -0.1) is 0 Å². The zero-order valence-corrected chi connectivity index (χ0v) is 18.2. The molecule has 8 nitrogen and oxygen atoms in total. The Morgan fingerprint density at radius 3 is 2.67 bits per heavy atom. The summed E-state index contributed by atoms with van der Waals surface area (Å²) in [4.78, 5) is 35.8. The normalized spacial score (nSPS) is 16.5. The van der Waals surface area contributed by atoms with E-state index in [2.05, 4.69) is 9.97 Å². The van der Waals surface area contributed by atoms with E-state index in [4.69, 9.17) is 9.47 Å². The molecule has 33 heavy (non-hydrogen) atoms. The largest absolute Gasteiger partial charge is 0.497 e. The summed E-state index contributed by atoms with van der Waals surface area (Å²) < 4.78 is 25.3. The number of ether oxygens (including phenoxy) is 2. The number of nitrogens with zero attached hydrogens (tertiary/aromatic N) is 3. The van der Waals surface area contributed by atoms with Gasteiger partial charge < -0.3 is 24.3 Å². The number of methoxy groups -OCH3 is 1. The topological polar surface area (TPSA) is 87.8 Å². The minimum atomic E-state index is -0.503. The maximum atomic E-state index is 14.1. The highest BCUT2D eigenvalue weighted by Crippen LogP contribution is 2.18. The van der Waals surface area contributed by atoms with E-state index >= 15 is 0 Å². The van der Waals surface area contributed by atoms with Crippen molar-refractivity contribution in [3.63, 3.8) is 0 Å². The second-order valence-electron chi connectivity index (χ2n) is 7.79. The van der Waals surface area contributed by atoms with Crippen LogP contribution in [-0.2, 0) is 22.7 Å². The smallest absolute Gasteiger partial charge is 0.274 e. The number of halogens is 1. The van der Waals surface area contributed by atoms with Gasteiger partial charge in [0.1, 0.15) is 23.8 Å². The van der Waals surface area contributed by atoms with Gasteiger partial charge in [0.05, 0.1) is 26.1 Å². The van der Waals surface area contributed by atoms with Crippen LogP contribution in [0.5, 0.6) is 5.75 Å². The molecule has 2 aromatic carbocycles. The van der Waals surface area contributed by atoms with Crippen LogP contribution in [0.15, 0.2) is 61.1 Å². The number of imidazole rings is 1. The van der Waals surface area contributed by atoms with Crippen LogP contribution in [0.25, 0.3) is 0 Å². The van der Waals surface area contributed by atoms with E-state index in [-0.39, 0.29) is 49.6 Å². The van der Waals surface area contributed by atoms with Crippen molar-refractivity contribution < 1.29 is 23.5 Å². The number of hydrogen-bond acceptors (Lipinski definition) is 5. The van der Waals surface area contributed by atoms with Gasteiger partial charge in [0.15, 0.2) is 0 Å². The maximum Gasteiger partial charge on any atom is 0.274 e. The number of aromatic amines is 1.